The highest BCUT2D eigenvalue weighted by Gasteiger charge is 2.33. The summed E-state index contributed by atoms with van der Waals surface area (Å²) in [5.41, 5.74) is 0.835. The minimum Gasteiger partial charge on any atom is -0.439 e. The van der Waals surface area contributed by atoms with E-state index in [1.807, 2.05) is 30.3 Å². The zero-order chi connectivity index (χ0) is 14.5. The molecule has 0 aromatic heterocycles. The van der Waals surface area contributed by atoms with Crippen LogP contribution in [0, 0.1) is 0 Å². The van der Waals surface area contributed by atoms with Gasteiger partial charge < -0.3 is 10.1 Å². The largest absolute Gasteiger partial charge is 0.439 e. The molecular formula is C14H16N2O4. The predicted octanol–water partition coefficient (Wildman–Crippen LogP) is 1.23. The van der Waals surface area contributed by atoms with Crippen LogP contribution in [0.1, 0.15) is 24.9 Å². The third-order valence-electron chi connectivity index (χ3n) is 3.06. The van der Waals surface area contributed by atoms with Crippen molar-refractivity contribution >= 4 is 17.9 Å². The van der Waals surface area contributed by atoms with Crippen molar-refractivity contribution in [1.82, 2.24) is 10.2 Å². The van der Waals surface area contributed by atoms with Crippen molar-refractivity contribution in [1.29, 1.82) is 0 Å². The van der Waals surface area contributed by atoms with Crippen LogP contribution in [0.25, 0.3) is 0 Å². The molecule has 0 radical (unpaired) electrons. The van der Waals surface area contributed by atoms with Crippen LogP contribution in [0.2, 0.25) is 0 Å². The molecule has 106 valence electrons. The molecule has 0 spiro atoms. The van der Waals surface area contributed by atoms with Crippen LogP contribution in [0.3, 0.4) is 0 Å². The van der Waals surface area contributed by atoms with Crippen molar-refractivity contribution in [2.45, 2.75) is 19.4 Å². The summed E-state index contributed by atoms with van der Waals surface area (Å²) in [7, 11) is 0. The van der Waals surface area contributed by atoms with Crippen LogP contribution >= 0.6 is 0 Å². The summed E-state index contributed by atoms with van der Waals surface area (Å²) in [6.07, 6.45) is -0.330. The Bertz CT molecular complexity index is 499. The van der Waals surface area contributed by atoms with Gasteiger partial charge in [0.25, 0.3) is 5.91 Å². The van der Waals surface area contributed by atoms with E-state index in [9.17, 15) is 14.4 Å². The Morgan fingerprint density at radius 2 is 2.05 bits per heavy atom. The monoisotopic (exact) mass is 276 g/mol. The maximum Gasteiger partial charge on any atom is 0.417 e. The lowest BCUT2D eigenvalue weighted by atomic mass is 10.1. The van der Waals surface area contributed by atoms with Gasteiger partial charge in [-0.3, -0.25) is 9.59 Å². The van der Waals surface area contributed by atoms with E-state index in [2.05, 4.69) is 10.1 Å². The van der Waals surface area contributed by atoms with Crippen molar-refractivity contribution in [3.8, 4) is 0 Å². The Morgan fingerprint density at radius 1 is 1.35 bits per heavy atom. The van der Waals surface area contributed by atoms with Gasteiger partial charge in [-0.15, -0.1) is 0 Å². The average molecular weight is 276 g/mol. The first-order valence-electron chi connectivity index (χ1n) is 6.43. The van der Waals surface area contributed by atoms with Gasteiger partial charge >= 0.3 is 6.09 Å². The lowest BCUT2D eigenvalue weighted by Gasteiger charge is -2.22. The Hall–Kier alpha value is -2.37. The molecule has 1 aromatic rings. The van der Waals surface area contributed by atoms with E-state index >= 15 is 0 Å². The number of carbonyl (C=O) groups is 3. The maximum atomic E-state index is 11.6. The number of amides is 3. The second kappa shape index (κ2) is 6.18. The summed E-state index contributed by atoms with van der Waals surface area (Å²) < 4.78 is 4.67. The summed E-state index contributed by atoms with van der Waals surface area (Å²) in [5.74, 6) is -0.527. The maximum absolute atomic E-state index is 11.6. The lowest BCUT2D eigenvalue weighted by Crippen LogP contribution is -2.40. The number of cyclic esters (lactones) is 1. The lowest BCUT2D eigenvalue weighted by molar-refractivity contribution is -0.127. The Morgan fingerprint density at radius 3 is 2.60 bits per heavy atom. The molecule has 1 atom stereocenters. The first-order valence-corrected chi connectivity index (χ1v) is 6.43. The van der Waals surface area contributed by atoms with Crippen LogP contribution in [0.15, 0.2) is 30.3 Å². The molecule has 1 heterocycles. The van der Waals surface area contributed by atoms with E-state index in [1.54, 1.807) is 6.92 Å². The van der Waals surface area contributed by atoms with Crippen LogP contribution < -0.4 is 5.32 Å². The average Bonchev–Trinajstić information content (AvgIpc) is 2.79. The highest BCUT2D eigenvalue weighted by Crippen LogP contribution is 2.17. The number of rotatable bonds is 5. The van der Waals surface area contributed by atoms with Crippen molar-refractivity contribution in [3.05, 3.63) is 35.9 Å². The fraction of sp³-hybridized carbons (Fsp3) is 0.357. The van der Waals surface area contributed by atoms with E-state index in [-0.39, 0.29) is 25.0 Å². The molecule has 3 amide bonds. The third-order valence-corrected chi connectivity index (χ3v) is 3.06. The topological polar surface area (TPSA) is 75.7 Å². The number of ether oxygens (including phenoxy) is 1. The van der Waals surface area contributed by atoms with Gasteiger partial charge in [-0.1, -0.05) is 37.3 Å². The van der Waals surface area contributed by atoms with Gasteiger partial charge in [-0.25, -0.2) is 9.69 Å². The van der Waals surface area contributed by atoms with Gasteiger partial charge in [0, 0.05) is 6.42 Å². The van der Waals surface area contributed by atoms with Gasteiger partial charge in [0.15, 0.2) is 6.61 Å². The van der Waals surface area contributed by atoms with Crippen molar-refractivity contribution < 1.29 is 19.1 Å². The number of hydrogen-bond acceptors (Lipinski definition) is 4. The Labute approximate surface area is 116 Å². The third kappa shape index (κ3) is 3.14. The van der Waals surface area contributed by atoms with Gasteiger partial charge in [0.05, 0.1) is 12.6 Å². The predicted molar refractivity (Wildman–Crippen MR) is 70.7 cm³/mol. The fourth-order valence-electron chi connectivity index (χ4n) is 1.96. The van der Waals surface area contributed by atoms with Crippen LogP contribution in [0.4, 0.5) is 4.79 Å². The Kier molecular flexibility index (Phi) is 4.34. The smallest absolute Gasteiger partial charge is 0.417 e. The molecule has 0 saturated carbocycles. The quantitative estimate of drug-likeness (QED) is 0.877. The summed E-state index contributed by atoms with van der Waals surface area (Å²) in [6.45, 7) is 1.59. The number of benzene rings is 1. The van der Waals surface area contributed by atoms with E-state index in [1.165, 1.54) is 0 Å². The minimum atomic E-state index is -0.665. The van der Waals surface area contributed by atoms with E-state index in [4.69, 9.17) is 0 Å². The number of hydrogen-bond donors (Lipinski definition) is 1. The molecule has 1 unspecified atom stereocenters. The van der Waals surface area contributed by atoms with Crippen LogP contribution in [0.5, 0.6) is 0 Å². The molecule has 1 aliphatic rings. The fourth-order valence-corrected chi connectivity index (χ4v) is 1.96. The highest BCUT2D eigenvalue weighted by molar-refractivity contribution is 5.97. The first-order chi connectivity index (χ1) is 9.61. The summed E-state index contributed by atoms with van der Waals surface area (Å²) in [5, 5.41) is 2.81. The molecule has 0 bridgehead atoms. The van der Waals surface area contributed by atoms with Crippen molar-refractivity contribution in [2.24, 2.45) is 0 Å². The van der Waals surface area contributed by atoms with E-state index < -0.39 is 12.1 Å². The van der Waals surface area contributed by atoms with Crippen molar-refractivity contribution in [3.63, 3.8) is 0 Å². The first kappa shape index (κ1) is 14.0. The Balaban J connectivity index is 2.16. The second-order valence-corrected chi connectivity index (χ2v) is 4.44. The SMILES string of the molecule is CCC(=O)NC(CN1C(=O)COC1=O)c1ccccc1. The number of carbonyl (C=O) groups excluding carboxylic acids is 3. The standard InChI is InChI=1S/C14H16N2O4/c1-2-12(17)15-11(10-6-4-3-5-7-10)8-16-13(18)9-20-14(16)19/h3-7,11H,2,8-9H2,1H3,(H,15,17). The molecule has 20 heavy (non-hydrogen) atoms. The van der Waals surface area contributed by atoms with E-state index in [0.29, 0.717) is 6.42 Å². The summed E-state index contributed by atoms with van der Waals surface area (Å²) in [6, 6.07) is 8.78. The highest BCUT2D eigenvalue weighted by atomic mass is 16.6. The summed E-state index contributed by atoms with van der Waals surface area (Å²) >= 11 is 0. The number of nitrogens with one attached hydrogen (secondary N) is 1. The molecular weight excluding hydrogens is 260 g/mol. The minimum absolute atomic E-state index is 0.0768. The molecule has 6 nitrogen and oxygen atoms in total. The molecule has 1 fully saturated rings. The van der Waals surface area contributed by atoms with Gasteiger partial charge in [-0.05, 0) is 5.56 Å². The normalized spacial score (nSPS) is 15.9. The number of imide groups is 1. The molecule has 1 aromatic carbocycles. The molecule has 1 saturated heterocycles. The van der Waals surface area contributed by atoms with E-state index in [0.717, 1.165) is 10.5 Å². The molecule has 1 aliphatic heterocycles. The van der Waals surface area contributed by atoms with Gasteiger partial charge in [0.1, 0.15) is 0 Å². The second-order valence-electron chi connectivity index (χ2n) is 4.44. The number of nitrogens with zero attached hydrogens (tertiary/aromatic N) is 1. The van der Waals surface area contributed by atoms with Gasteiger partial charge in [-0.2, -0.15) is 0 Å². The molecule has 0 aliphatic carbocycles. The zero-order valence-electron chi connectivity index (χ0n) is 11.2. The summed E-state index contributed by atoms with van der Waals surface area (Å²) in [4.78, 5) is 35.7. The zero-order valence-corrected chi connectivity index (χ0v) is 11.2. The van der Waals surface area contributed by atoms with Crippen LogP contribution in [-0.2, 0) is 14.3 Å². The molecule has 6 heteroatoms. The molecule has 1 N–H and O–H groups in total. The van der Waals surface area contributed by atoms with Crippen molar-refractivity contribution in [2.75, 3.05) is 13.2 Å². The molecule has 2 rings (SSSR count). The van der Waals surface area contributed by atoms with Gasteiger partial charge in [0.2, 0.25) is 5.91 Å². The van der Waals surface area contributed by atoms with Crippen LogP contribution in [-0.4, -0.2) is 36.0 Å².